The van der Waals surface area contributed by atoms with Crippen LogP contribution in [0.4, 0.5) is 0 Å². The summed E-state index contributed by atoms with van der Waals surface area (Å²) in [5.74, 6) is 0.771. The molecule has 0 aliphatic carbocycles. The number of nitrogens with zero attached hydrogens (tertiary/aromatic N) is 2. The molecule has 0 N–H and O–H groups in total. The second-order valence-corrected chi connectivity index (χ2v) is 8.44. The van der Waals surface area contributed by atoms with E-state index in [1.807, 2.05) is 35.2 Å². The number of rotatable bonds is 6. The van der Waals surface area contributed by atoms with Crippen LogP contribution in [0.5, 0.6) is 5.75 Å². The van der Waals surface area contributed by atoms with Gasteiger partial charge in [-0.15, -0.1) is 0 Å². The van der Waals surface area contributed by atoms with Gasteiger partial charge in [0.25, 0.3) is 5.91 Å². The molecule has 5 rings (SSSR count). The molecule has 0 atom stereocenters. The van der Waals surface area contributed by atoms with Crippen LogP contribution in [0.15, 0.2) is 103 Å². The van der Waals surface area contributed by atoms with E-state index in [-0.39, 0.29) is 18.6 Å². The third-order valence-electron chi connectivity index (χ3n) is 6.35. The molecule has 4 heteroatoms. The summed E-state index contributed by atoms with van der Waals surface area (Å²) < 4.78 is 5.84. The Kier molecular flexibility index (Phi) is 6.36. The first-order valence-corrected chi connectivity index (χ1v) is 11.5. The molecule has 166 valence electrons. The van der Waals surface area contributed by atoms with E-state index >= 15 is 0 Å². The largest absolute Gasteiger partial charge is 0.484 e. The molecule has 0 spiro atoms. The third kappa shape index (κ3) is 4.91. The molecule has 0 unspecified atom stereocenters. The van der Waals surface area contributed by atoms with Crippen LogP contribution in [-0.4, -0.2) is 48.5 Å². The second-order valence-electron chi connectivity index (χ2n) is 8.44. The Morgan fingerprint density at radius 3 is 1.91 bits per heavy atom. The van der Waals surface area contributed by atoms with Crippen LogP contribution in [0.2, 0.25) is 0 Å². The van der Waals surface area contributed by atoms with E-state index < -0.39 is 0 Å². The summed E-state index contributed by atoms with van der Waals surface area (Å²) in [7, 11) is 0. The van der Waals surface area contributed by atoms with E-state index in [0.29, 0.717) is 13.1 Å². The number of hydrogen-bond donors (Lipinski definition) is 0. The molecule has 33 heavy (non-hydrogen) atoms. The van der Waals surface area contributed by atoms with Crippen LogP contribution in [0.3, 0.4) is 0 Å². The maximum atomic E-state index is 12.8. The number of hydrogen-bond acceptors (Lipinski definition) is 3. The van der Waals surface area contributed by atoms with Crippen molar-refractivity contribution >= 4 is 16.7 Å². The smallest absolute Gasteiger partial charge is 0.260 e. The molecule has 0 aromatic heterocycles. The number of fused-ring (bicyclic) bond motifs is 1. The number of carbonyl (C=O) groups is 1. The Bertz CT molecular complexity index is 1160. The number of piperazine rings is 1. The molecule has 4 nitrogen and oxygen atoms in total. The number of amides is 1. The van der Waals surface area contributed by atoms with Crippen LogP contribution < -0.4 is 4.74 Å². The minimum absolute atomic E-state index is 0.0405. The molecule has 1 amide bonds. The highest BCUT2D eigenvalue weighted by molar-refractivity contribution is 5.84. The molecule has 1 aliphatic rings. The minimum atomic E-state index is 0.0405. The normalized spacial score (nSPS) is 14.5. The number of ether oxygens (including phenoxy) is 1. The van der Waals surface area contributed by atoms with Crippen LogP contribution in [0, 0.1) is 0 Å². The zero-order valence-electron chi connectivity index (χ0n) is 18.6. The van der Waals surface area contributed by atoms with Crippen molar-refractivity contribution in [2.45, 2.75) is 6.04 Å². The lowest BCUT2D eigenvalue weighted by Gasteiger charge is -2.39. The van der Waals surface area contributed by atoms with E-state index in [1.54, 1.807) is 0 Å². The van der Waals surface area contributed by atoms with Crippen molar-refractivity contribution in [1.82, 2.24) is 9.80 Å². The third-order valence-corrected chi connectivity index (χ3v) is 6.35. The fourth-order valence-electron chi connectivity index (χ4n) is 4.61. The number of carbonyl (C=O) groups excluding carboxylic acids is 1. The van der Waals surface area contributed by atoms with E-state index in [0.717, 1.165) is 24.2 Å². The Labute approximate surface area is 195 Å². The standard InChI is InChI=1S/C29H28N2O2/c32-28(22-33-27-16-15-23-9-7-8-14-26(23)21-27)30-17-19-31(20-18-30)29(24-10-3-1-4-11-24)25-12-5-2-6-13-25/h1-16,21,29H,17-20,22H2. The first kappa shape index (κ1) is 21.2. The van der Waals surface area contributed by atoms with Crippen molar-refractivity contribution < 1.29 is 9.53 Å². The highest BCUT2D eigenvalue weighted by atomic mass is 16.5. The van der Waals surface area contributed by atoms with Crippen molar-refractivity contribution in [2.75, 3.05) is 32.8 Å². The summed E-state index contributed by atoms with van der Waals surface area (Å²) in [5.41, 5.74) is 2.56. The molecule has 4 aromatic carbocycles. The highest BCUT2D eigenvalue weighted by Gasteiger charge is 2.28. The summed E-state index contributed by atoms with van der Waals surface area (Å²) >= 11 is 0. The Balaban J connectivity index is 1.21. The zero-order valence-corrected chi connectivity index (χ0v) is 18.6. The van der Waals surface area contributed by atoms with E-state index in [4.69, 9.17) is 4.74 Å². The van der Waals surface area contributed by atoms with Gasteiger partial charge in [-0.1, -0.05) is 91.0 Å². The van der Waals surface area contributed by atoms with E-state index in [9.17, 15) is 4.79 Å². The molecule has 1 fully saturated rings. The lowest BCUT2D eigenvalue weighted by molar-refractivity contribution is -0.135. The van der Waals surface area contributed by atoms with E-state index in [1.165, 1.54) is 16.5 Å². The fourth-order valence-corrected chi connectivity index (χ4v) is 4.61. The van der Waals surface area contributed by atoms with Gasteiger partial charge in [-0.2, -0.15) is 0 Å². The van der Waals surface area contributed by atoms with Gasteiger partial charge in [-0.3, -0.25) is 9.69 Å². The highest BCUT2D eigenvalue weighted by Crippen LogP contribution is 2.29. The molecule has 1 aliphatic heterocycles. The molecule has 0 bridgehead atoms. The van der Waals surface area contributed by atoms with Crippen LogP contribution in [-0.2, 0) is 4.79 Å². The predicted octanol–water partition coefficient (Wildman–Crippen LogP) is 5.15. The topological polar surface area (TPSA) is 32.8 Å². The van der Waals surface area contributed by atoms with Gasteiger partial charge < -0.3 is 9.64 Å². The SMILES string of the molecule is O=C(COc1ccc2ccccc2c1)N1CCN(C(c2ccccc2)c2ccccc2)CC1. The molecule has 0 saturated carbocycles. The molecular formula is C29H28N2O2. The predicted molar refractivity (Wildman–Crippen MR) is 132 cm³/mol. The molecular weight excluding hydrogens is 408 g/mol. The molecule has 1 heterocycles. The second kappa shape index (κ2) is 9.88. The molecule has 4 aromatic rings. The first-order valence-electron chi connectivity index (χ1n) is 11.5. The fraction of sp³-hybridized carbons (Fsp3) is 0.207. The average molecular weight is 437 g/mol. The average Bonchev–Trinajstić information content (AvgIpc) is 2.89. The quantitative estimate of drug-likeness (QED) is 0.419. The van der Waals surface area contributed by atoms with Crippen molar-refractivity contribution in [1.29, 1.82) is 0 Å². The van der Waals surface area contributed by atoms with Gasteiger partial charge in [0.1, 0.15) is 5.75 Å². The van der Waals surface area contributed by atoms with Gasteiger partial charge in [0.2, 0.25) is 0 Å². The van der Waals surface area contributed by atoms with Gasteiger partial charge in [0.15, 0.2) is 6.61 Å². The maximum Gasteiger partial charge on any atom is 0.260 e. The van der Waals surface area contributed by atoms with Crippen molar-refractivity contribution in [2.24, 2.45) is 0 Å². The Morgan fingerprint density at radius 1 is 0.697 bits per heavy atom. The Hall–Kier alpha value is -3.63. The zero-order chi connectivity index (χ0) is 22.5. The van der Waals surface area contributed by atoms with Crippen LogP contribution in [0.1, 0.15) is 17.2 Å². The van der Waals surface area contributed by atoms with Crippen LogP contribution >= 0.6 is 0 Å². The van der Waals surface area contributed by atoms with Crippen LogP contribution in [0.25, 0.3) is 10.8 Å². The van der Waals surface area contributed by atoms with Crippen molar-refractivity contribution in [3.8, 4) is 5.75 Å². The molecule has 0 radical (unpaired) electrons. The lowest BCUT2D eigenvalue weighted by atomic mass is 9.96. The Morgan fingerprint density at radius 2 is 1.27 bits per heavy atom. The summed E-state index contributed by atoms with van der Waals surface area (Å²) in [6.45, 7) is 3.14. The van der Waals surface area contributed by atoms with Gasteiger partial charge in [0.05, 0.1) is 6.04 Å². The van der Waals surface area contributed by atoms with Crippen molar-refractivity contribution in [3.05, 3.63) is 114 Å². The first-order chi connectivity index (χ1) is 16.3. The summed E-state index contributed by atoms with van der Waals surface area (Å²) in [5, 5.41) is 2.28. The monoisotopic (exact) mass is 436 g/mol. The molecule has 1 saturated heterocycles. The van der Waals surface area contributed by atoms with Gasteiger partial charge >= 0.3 is 0 Å². The van der Waals surface area contributed by atoms with Gasteiger partial charge in [0, 0.05) is 26.2 Å². The van der Waals surface area contributed by atoms with E-state index in [2.05, 4.69) is 77.7 Å². The van der Waals surface area contributed by atoms with Gasteiger partial charge in [-0.25, -0.2) is 0 Å². The summed E-state index contributed by atoms with van der Waals surface area (Å²) in [6, 6.07) is 35.5. The lowest BCUT2D eigenvalue weighted by Crippen LogP contribution is -2.51. The summed E-state index contributed by atoms with van der Waals surface area (Å²) in [6.07, 6.45) is 0. The minimum Gasteiger partial charge on any atom is -0.484 e. The van der Waals surface area contributed by atoms with Crippen molar-refractivity contribution in [3.63, 3.8) is 0 Å². The van der Waals surface area contributed by atoms with Gasteiger partial charge in [-0.05, 0) is 34.0 Å². The summed E-state index contributed by atoms with van der Waals surface area (Å²) in [4.78, 5) is 17.2. The number of benzene rings is 4. The maximum absolute atomic E-state index is 12.8.